The molecule has 0 saturated carbocycles. The van der Waals surface area contributed by atoms with Crippen LogP contribution >= 0.6 is 11.8 Å². The number of para-hydroxylation sites is 1. The number of nitrogens with two attached hydrogens (primary N) is 1. The summed E-state index contributed by atoms with van der Waals surface area (Å²) in [6.07, 6.45) is 3.08. The second-order valence-electron chi connectivity index (χ2n) is 6.47. The number of rotatable bonds is 5. The summed E-state index contributed by atoms with van der Waals surface area (Å²) < 4.78 is 5.71. The van der Waals surface area contributed by atoms with Crippen LogP contribution in [0.1, 0.15) is 12.8 Å². The molecule has 0 bridgehead atoms. The van der Waals surface area contributed by atoms with Gasteiger partial charge in [0.05, 0.1) is 11.3 Å². The Hall–Kier alpha value is -2.81. The first-order chi connectivity index (χ1) is 13.1. The number of aromatic amines is 1. The number of benzene rings is 1. The highest BCUT2D eigenvalue weighted by atomic mass is 32.2. The van der Waals surface area contributed by atoms with E-state index in [4.69, 9.17) is 10.2 Å². The van der Waals surface area contributed by atoms with Crippen molar-refractivity contribution in [3.05, 3.63) is 30.5 Å². The maximum atomic E-state index is 12.4. The van der Waals surface area contributed by atoms with Crippen molar-refractivity contribution in [2.24, 2.45) is 11.7 Å². The Bertz CT molecular complexity index is 974. The van der Waals surface area contributed by atoms with Crippen LogP contribution in [0.2, 0.25) is 0 Å². The van der Waals surface area contributed by atoms with Gasteiger partial charge in [-0.25, -0.2) is 0 Å². The number of H-pyrrole nitrogens is 1. The number of carbonyl (C=O) groups excluding carboxylic acids is 2. The zero-order valence-electron chi connectivity index (χ0n) is 14.6. The van der Waals surface area contributed by atoms with Gasteiger partial charge in [0.1, 0.15) is 0 Å². The summed E-state index contributed by atoms with van der Waals surface area (Å²) in [6, 6.07) is 7.86. The van der Waals surface area contributed by atoms with Gasteiger partial charge in [0.15, 0.2) is 0 Å². The van der Waals surface area contributed by atoms with Crippen LogP contribution in [0.25, 0.3) is 22.4 Å². The van der Waals surface area contributed by atoms with Crippen molar-refractivity contribution in [3.63, 3.8) is 0 Å². The van der Waals surface area contributed by atoms with Crippen molar-refractivity contribution >= 4 is 34.5 Å². The molecule has 4 rings (SSSR count). The van der Waals surface area contributed by atoms with Crippen molar-refractivity contribution in [1.29, 1.82) is 0 Å². The molecule has 2 aromatic heterocycles. The molecular formula is C18H19N5O3S. The lowest BCUT2D eigenvalue weighted by atomic mass is 9.96. The van der Waals surface area contributed by atoms with Gasteiger partial charge in [-0.1, -0.05) is 30.0 Å². The highest BCUT2D eigenvalue weighted by Gasteiger charge is 2.26. The van der Waals surface area contributed by atoms with Crippen LogP contribution in [0.3, 0.4) is 0 Å². The standard InChI is InChI=1S/C18H19N5O3S/c19-16(25)11-5-7-23(8-6-11)15(24)10-27-18-22-21-17(26-18)13-9-20-14-4-2-1-3-12(13)14/h1-4,9,11,20H,5-8,10H2,(H2,19,25). The Morgan fingerprint density at radius 1 is 1.26 bits per heavy atom. The average Bonchev–Trinajstić information content (AvgIpc) is 3.32. The molecule has 1 aromatic carbocycles. The number of piperidine rings is 1. The van der Waals surface area contributed by atoms with Crippen molar-refractivity contribution in [3.8, 4) is 11.5 Å². The Kier molecular flexibility index (Phi) is 4.85. The maximum Gasteiger partial charge on any atom is 0.277 e. The van der Waals surface area contributed by atoms with Gasteiger partial charge in [-0.2, -0.15) is 0 Å². The van der Waals surface area contributed by atoms with Crippen molar-refractivity contribution < 1.29 is 14.0 Å². The van der Waals surface area contributed by atoms with Crippen molar-refractivity contribution in [2.75, 3.05) is 18.8 Å². The SMILES string of the molecule is NC(=O)C1CCN(C(=O)CSc2nnc(-c3c[nH]c4ccccc34)o2)CC1. The molecule has 0 radical (unpaired) electrons. The van der Waals surface area contributed by atoms with Gasteiger partial charge < -0.3 is 20.0 Å². The zero-order chi connectivity index (χ0) is 18.8. The minimum absolute atomic E-state index is 0.00485. The summed E-state index contributed by atoms with van der Waals surface area (Å²) in [5.74, 6) is 0.222. The summed E-state index contributed by atoms with van der Waals surface area (Å²) in [5.41, 5.74) is 7.16. The number of primary amides is 1. The van der Waals surface area contributed by atoms with Gasteiger partial charge in [-0.05, 0) is 18.9 Å². The molecule has 8 nitrogen and oxygen atoms in total. The quantitative estimate of drug-likeness (QED) is 0.649. The number of likely N-dealkylation sites (tertiary alicyclic amines) is 1. The van der Waals surface area contributed by atoms with E-state index in [0.717, 1.165) is 16.5 Å². The minimum Gasteiger partial charge on any atom is -0.411 e. The topological polar surface area (TPSA) is 118 Å². The van der Waals surface area contributed by atoms with Gasteiger partial charge in [-0.3, -0.25) is 9.59 Å². The number of nitrogens with zero attached hydrogens (tertiary/aromatic N) is 3. The van der Waals surface area contributed by atoms with Crippen molar-refractivity contribution in [1.82, 2.24) is 20.1 Å². The molecule has 0 unspecified atom stereocenters. The van der Waals surface area contributed by atoms with Crippen LogP contribution in [0, 0.1) is 5.92 Å². The molecule has 2 amide bonds. The van der Waals surface area contributed by atoms with Crippen LogP contribution in [0.15, 0.2) is 40.1 Å². The fourth-order valence-electron chi connectivity index (χ4n) is 3.25. The number of thioether (sulfide) groups is 1. The molecule has 1 saturated heterocycles. The summed E-state index contributed by atoms with van der Waals surface area (Å²) in [5, 5.41) is 9.49. The zero-order valence-corrected chi connectivity index (χ0v) is 15.4. The van der Waals surface area contributed by atoms with E-state index in [-0.39, 0.29) is 23.5 Å². The lowest BCUT2D eigenvalue weighted by Crippen LogP contribution is -2.42. The first kappa shape index (κ1) is 17.6. The van der Waals surface area contributed by atoms with Crippen LogP contribution in [0.5, 0.6) is 0 Å². The van der Waals surface area contributed by atoms with Gasteiger partial charge in [0, 0.05) is 36.1 Å². The highest BCUT2D eigenvalue weighted by Crippen LogP contribution is 2.29. The van der Waals surface area contributed by atoms with E-state index in [1.807, 2.05) is 30.5 Å². The number of aromatic nitrogens is 3. The van der Waals surface area contributed by atoms with E-state index >= 15 is 0 Å². The van der Waals surface area contributed by atoms with Gasteiger partial charge in [-0.15, -0.1) is 10.2 Å². The number of nitrogens with one attached hydrogen (secondary N) is 1. The first-order valence-corrected chi connectivity index (χ1v) is 9.70. The lowest BCUT2D eigenvalue weighted by molar-refractivity contribution is -0.132. The second-order valence-corrected chi connectivity index (χ2v) is 7.39. The fourth-order valence-corrected chi connectivity index (χ4v) is 3.92. The molecule has 1 aliphatic heterocycles. The normalized spacial score (nSPS) is 15.3. The number of hydrogen-bond acceptors (Lipinski definition) is 6. The van der Waals surface area contributed by atoms with Crippen LogP contribution in [-0.2, 0) is 9.59 Å². The molecule has 0 spiro atoms. The predicted octanol–water partition coefficient (Wildman–Crippen LogP) is 2.03. The molecular weight excluding hydrogens is 366 g/mol. The molecule has 27 heavy (non-hydrogen) atoms. The fraction of sp³-hybridized carbons (Fsp3) is 0.333. The summed E-state index contributed by atoms with van der Waals surface area (Å²) >= 11 is 1.22. The van der Waals surface area contributed by atoms with Crippen molar-refractivity contribution in [2.45, 2.75) is 18.1 Å². The van der Waals surface area contributed by atoms with E-state index in [2.05, 4.69) is 15.2 Å². The molecule has 0 aliphatic carbocycles. The maximum absolute atomic E-state index is 12.4. The Morgan fingerprint density at radius 2 is 2.04 bits per heavy atom. The lowest BCUT2D eigenvalue weighted by Gasteiger charge is -2.30. The Balaban J connectivity index is 1.36. The third-order valence-corrected chi connectivity index (χ3v) is 5.60. The van der Waals surface area contributed by atoms with Gasteiger partial charge in [0.25, 0.3) is 11.1 Å². The largest absolute Gasteiger partial charge is 0.411 e. The van der Waals surface area contributed by atoms with Crippen LogP contribution in [0.4, 0.5) is 0 Å². The molecule has 1 aliphatic rings. The number of fused-ring (bicyclic) bond motifs is 1. The monoisotopic (exact) mass is 385 g/mol. The average molecular weight is 385 g/mol. The van der Waals surface area contributed by atoms with Crippen LogP contribution in [-0.4, -0.2) is 50.7 Å². The molecule has 3 aromatic rings. The summed E-state index contributed by atoms with van der Waals surface area (Å²) in [4.78, 5) is 28.5. The Labute approximate surface area is 159 Å². The molecule has 140 valence electrons. The number of hydrogen-bond donors (Lipinski definition) is 2. The first-order valence-electron chi connectivity index (χ1n) is 8.71. The van der Waals surface area contributed by atoms with E-state index < -0.39 is 0 Å². The third-order valence-electron chi connectivity index (χ3n) is 4.80. The van der Waals surface area contributed by atoms with E-state index in [0.29, 0.717) is 37.0 Å². The van der Waals surface area contributed by atoms with E-state index in [1.165, 1.54) is 11.8 Å². The molecule has 0 atom stereocenters. The second kappa shape index (κ2) is 7.43. The predicted molar refractivity (Wildman–Crippen MR) is 101 cm³/mol. The van der Waals surface area contributed by atoms with E-state index in [1.54, 1.807) is 4.90 Å². The van der Waals surface area contributed by atoms with Crippen LogP contribution < -0.4 is 5.73 Å². The third kappa shape index (κ3) is 3.68. The van der Waals surface area contributed by atoms with E-state index in [9.17, 15) is 9.59 Å². The molecule has 9 heteroatoms. The number of amides is 2. The van der Waals surface area contributed by atoms with Gasteiger partial charge >= 0.3 is 0 Å². The molecule has 1 fully saturated rings. The smallest absolute Gasteiger partial charge is 0.277 e. The molecule has 3 heterocycles. The highest BCUT2D eigenvalue weighted by molar-refractivity contribution is 7.99. The Morgan fingerprint density at radius 3 is 2.81 bits per heavy atom. The summed E-state index contributed by atoms with van der Waals surface area (Å²) in [7, 11) is 0. The molecule has 3 N–H and O–H groups in total. The number of carbonyl (C=O) groups is 2. The van der Waals surface area contributed by atoms with Gasteiger partial charge in [0.2, 0.25) is 11.8 Å². The minimum atomic E-state index is -0.285. The summed E-state index contributed by atoms with van der Waals surface area (Å²) in [6.45, 7) is 1.11.